The molecular weight excluding hydrogens is 219 g/mol. The molecule has 0 bridgehead atoms. The molecule has 1 rings (SSSR count). The number of aryl methyl sites for hydroxylation is 1. The zero-order valence-corrected chi connectivity index (χ0v) is 10.5. The normalized spacial score (nSPS) is 14.2. The van der Waals surface area contributed by atoms with E-state index in [9.17, 15) is 9.18 Å². The van der Waals surface area contributed by atoms with Crippen LogP contribution in [0.1, 0.15) is 25.8 Å². The highest BCUT2D eigenvalue weighted by atomic mass is 19.1. The molecule has 0 aliphatic heterocycles. The summed E-state index contributed by atoms with van der Waals surface area (Å²) < 4.78 is 13.0. The zero-order valence-electron chi connectivity index (χ0n) is 10.5. The highest BCUT2D eigenvalue weighted by molar-refractivity contribution is 5.95. The van der Waals surface area contributed by atoms with Crippen molar-refractivity contribution in [3.05, 3.63) is 29.6 Å². The first-order valence-corrected chi connectivity index (χ1v) is 5.78. The Balaban J connectivity index is 2.77. The first-order chi connectivity index (χ1) is 7.95. The number of amides is 1. The van der Waals surface area contributed by atoms with Crippen LogP contribution < -0.4 is 11.1 Å². The Bertz CT molecular complexity index is 406. The molecule has 3 N–H and O–H groups in total. The Hall–Kier alpha value is -1.42. The lowest BCUT2D eigenvalue weighted by Gasteiger charge is -2.18. The quantitative estimate of drug-likeness (QED) is 0.846. The maximum atomic E-state index is 13.0. The standard InChI is InChI=1S/C13H19FN2O/c1-4-8(2)12(15)13(17)16-11-7-10(14)6-5-9(11)3/h5-8,12H,4,15H2,1-3H3,(H,16,17)/t8?,12-/m0/s1. The van der Waals surface area contributed by atoms with Crippen LogP contribution in [0.15, 0.2) is 18.2 Å². The summed E-state index contributed by atoms with van der Waals surface area (Å²) >= 11 is 0. The van der Waals surface area contributed by atoms with Crippen LogP contribution in [0.5, 0.6) is 0 Å². The van der Waals surface area contributed by atoms with Gasteiger partial charge >= 0.3 is 0 Å². The number of anilines is 1. The van der Waals surface area contributed by atoms with Crippen LogP contribution in [-0.2, 0) is 4.79 Å². The van der Waals surface area contributed by atoms with Crippen molar-refractivity contribution in [2.45, 2.75) is 33.2 Å². The third-order valence-corrected chi connectivity index (χ3v) is 3.02. The number of hydrogen-bond donors (Lipinski definition) is 2. The molecule has 0 aliphatic carbocycles. The first-order valence-electron chi connectivity index (χ1n) is 5.78. The molecule has 0 fully saturated rings. The van der Waals surface area contributed by atoms with Gasteiger partial charge in [0.25, 0.3) is 0 Å². The Morgan fingerprint density at radius 3 is 2.76 bits per heavy atom. The van der Waals surface area contributed by atoms with Gasteiger partial charge in [0.05, 0.1) is 6.04 Å². The number of carbonyl (C=O) groups is 1. The lowest BCUT2D eigenvalue weighted by molar-refractivity contribution is -0.118. The molecule has 17 heavy (non-hydrogen) atoms. The summed E-state index contributed by atoms with van der Waals surface area (Å²) in [7, 11) is 0. The lowest BCUT2D eigenvalue weighted by Crippen LogP contribution is -2.40. The summed E-state index contributed by atoms with van der Waals surface area (Å²) in [6.07, 6.45) is 0.830. The van der Waals surface area contributed by atoms with Gasteiger partial charge in [-0.2, -0.15) is 0 Å². The molecule has 0 radical (unpaired) electrons. The summed E-state index contributed by atoms with van der Waals surface area (Å²) in [4.78, 5) is 11.8. The predicted molar refractivity (Wildman–Crippen MR) is 67.2 cm³/mol. The summed E-state index contributed by atoms with van der Waals surface area (Å²) in [5.41, 5.74) is 7.10. The van der Waals surface area contributed by atoms with Gasteiger partial charge < -0.3 is 11.1 Å². The van der Waals surface area contributed by atoms with Crippen molar-refractivity contribution in [2.24, 2.45) is 11.7 Å². The van der Waals surface area contributed by atoms with Crippen LogP contribution >= 0.6 is 0 Å². The number of benzene rings is 1. The molecule has 4 heteroatoms. The third-order valence-electron chi connectivity index (χ3n) is 3.02. The lowest BCUT2D eigenvalue weighted by atomic mass is 9.99. The van der Waals surface area contributed by atoms with Crippen molar-refractivity contribution in [2.75, 3.05) is 5.32 Å². The number of rotatable bonds is 4. The van der Waals surface area contributed by atoms with E-state index in [4.69, 9.17) is 5.73 Å². The van der Waals surface area contributed by atoms with Crippen molar-refractivity contribution in [3.8, 4) is 0 Å². The van der Waals surface area contributed by atoms with Crippen molar-refractivity contribution in [1.82, 2.24) is 0 Å². The molecule has 94 valence electrons. The van der Waals surface area contributed by atoms with Crippen molar-refractivity contribution < 1.29 is 9.18 Å². The highest BCUT2D eigenvalue weighted by Gasteiger charge is 2.19. The van der Waals surface area contributed by atoms with Gasteiger partial charge in [-0.1, -0.05) is 26.3 Å². The summed E-state index contributed by atoms with van der Waals surface area (Å²) in [5.74, 6) is -0.542. The number of carbonyl (C=O) groups excluding carboxylic acids is 1. The number of halogens is 1. The van der Waals surface area contributed by atoms with E-state index in [2.05, 4.69) is 5.32 Å². The topological polar surface area (TPSA) is 55.1 Å². The number of nitrogens with two attached hydrogens (primary N) is 1. The van der Waals surface area contributed by atoms with Gasteiger partial charge in [-0.25, -0.2) is 4.39 Å². The first kappa shape index (κ1) is 13.6. The minimum atomic E-state index is -0.567. The summed E-state index contributed by atoms with van der Waals surface area (Å²) in [6.45, 7) is 5.71. The molecule has 0 saturated carbocycles. The van der Waals surface area contributed by atoms with E-state index in [1.165, 1.54) is 12.1 Å². The second-order valence-corrected chi connectivity index (χ2v) is 4.36. The largest absolute Gasteiger partial charge is 0.324 e. The van der Waals surface area contributed by atoms with Gasteiger partial charge in [0.15, 0.2) is 0 Å². The monoisotopic (exact) mass is 238 g/mol. The Kier molecular flexibility index (Phi) is 4.63. The van der Waals surface area contributed by atoms with E-state index in [0.29, 0.717) is 5.69 Å². The van der Waals surface area contributed by atoms with Gasteiger partial charge in [0, 0.05) is 5.69 Å². The Morgan fingerprint density at radius 2 is 2.18 bits per heavy atom. The van der Waals surface area contributed by atoms with Crippen molar-refractivity contribution >= 4 is 11.6 Å². The molecule has 1 unspecified atom stereocenters. The minimum Gasteiger partial charge on any atom is -0.324 e. The fraction of sp³-hybridized carbons (Fsp3) is 0.462. The molecule has 1 aromatic rings. The van der Waals surface area contributed by atoms with Crippen LogP contribution in [0.4, 0.5) is 10.1 Å². The van der Waals surface area contributed by atoms with Crippen LogP contribution in [0.25, 0.3) is 0 Å². The maximum Gasteiger partial charge on any atom is 0.241 e. The summed E-state index contributed by atoms with van der Waals surface area (Å²) in [6, 6.07) is 3.72. The fourth-order valence-electron chi connectivity index (χ4n) is 1.46. The molecular formula is C13H19FN2O. The minimum absolute atomic E-state index is 0.101. The third kappa shape index (κ3) is 3.53. The fourth-order valence-corrected chi connectivity index (χ4v) is 1.46. The molecule has 2 atom stereocenters. The maximum absolute atomic E-state index is 13.0. The van der Waals surface area contributed by atoms with Crippen LogP contribution in [0.3, 0.4) is 0 Å². The smallest absolute Gasteiger partial charge is 0.241 e. The van der Waals surface area contributed by atoms with Crippen molar-refractivity contribution in [3.63, 3.8) is 0 Å². The van der Waals surface area contributed by atoms with Crippen LogP contribution in [0.2, 0.25) is 0 Å². The number of hydrogen-bond acceptors (Lipinski definition) is 2. The van der Waals surface area contributed by atoms with E-state index >= 15 is 0 Å². The highest BCUT2D eigenvalue weighted by Crippen LogP contribution is 2.17. The van der Waals surface area contributed by atoms with Crippen LogP contribution in [0, 0.1) is 18.7 Å². The van der Waals surface area contributed by atoms with Gasteiger partial charge in [0.1, 0.15) is 5.82 Å². The zero-order chi connectivity index (χ0) is 13.0. The van der Waals surface area contributed by atoms with E-state index in [-0.39, 0.29) is 17.6 Å². The van der Waals surface area contributed by atoms with Gasteiger partial charge in [0.2, 0.25) is 5.91 Å². The second-order valence-electron chi connectivity index (χ2n) is 4.36. The second kappa shape index (κ2) is 5.77. The molecule has 0 saturated heterocycles. The van der Waals surface area contributed by atoms with E-state index < -0.39 is 6.04 Å². The Morgan fingerprint density at radius 1 is 1.53 bits per heavy atom. The summed E-state index contributed by atoms with van der Waals surface area (Å²) in [5, 5.41) is 2.66. The molecule has 0 aromatic heterocycles. The van der Waals surface area contributed by atoms with E-state index in [1.807, 2.05) is 20.8 Å². The van der Waals surface area contributed by atoms with Crippen LogP contribution in [-0.4, -0.2) is 11.9 Å². The average molecular weight is 238 g/mol. The molecule has 1 aromatic carbocycles. The van der Waals surface area contributed by atoms with Crippen molar-refractivity contribution in [1.29, 1.82) is 0 Å². The molecule has 0 heterocycles. The predicted octanol–water partition coefficient (Wildman–Crippen LogP) is 2.45. The van der Waals surface area contributed by atoms with Gasteiger partial charge in [-0.05, 0) is 30.5 Å². The molecule has 1 amide bonds. The Labute approximate surface area is 101 Å². The molecule has 0 spiro atoms. The number of nitrogens with one attached hydrogen (secondary N) is 1. The van der Waals surface area contributed by atoms with E-state index in [1.54, 1.807) is 6.07 Å². The SMILES string of the molecule is CCC(C)[C@H](N)C(=O)Nc1cc(F)ccc1C. The average Bonchev–Trinajstić information content (AvgIpc) is 2.31. The van der Waals surface area contributed by atoms with E-state index in [0.717, 1.165) is 12.0 Å². The van der Waals surface area contributed by atoms with Gasteiger partial charge in [-0.3, -0.25) is 4.79 Å². The van der Waals surface area contributed by atoms with Gasteiger partial charge in [-0.15, -0.1) is 0 Å². The molecule has 3 nitrogen and oxygen atoms in total. The molecule has 0 aliphatic rings.